The molecule has 0 heterocycles. The second kappa shape index (κ2) is 7.14. The van der Waals surface area contributed by atoms with E-state index < -0.39 is 10.0 Å². The predicted octanol–water partition coefficient (Wildman–Crippen LogP) is 1.30. The Morgan fingerprint density at radius 1 is 1.37 bits per heavy atom. The number of amides is 1. The minimum absolute atomic E-state index is 0.277. The molecule has 0 fully saturated rings. The molecule has 0 spiro atoms. The molecule has 0 saturated carbocycles. The van der Waals surface area contributed by atoms with Gasteiger partial charge in [-0.05, 0) is 24.6 Å². The summed E-state index contributed by atoms with van der Waals surface area (Å²) < 4.78 is 24.0. The van der Waals surface area contributed by atoms with Gasteiger partial charge in [-0.1, -0.05) is 11.6 Å². The first-order chi connectivity index (χ1) is 8.79. The predicted molar refractivity (Wildman–Crippen MR) is 78.5 cm³/mol. The number of benzene rings is 1. The van der Waals surface area contributed by atoms with Crippen molar-refractivity contribution in [3.05, 3.63) is 28.8 Å². The van der Waals surface area contributed by atoms with E-state index in [1.807, 2.05) is 0 Å². The van der Waals surface area contributed by atoms with Crippen LogP contribution in [0.25, 0.3) is 0 Å². The van der Waals surface area contributed by atoms with Gasteiger partial charge in [-0.3, -0.25) is 4.79 Å². The van der Waals surface area contributed by atoms with E-state index in [0.29, 0.717) is 28.4 Å². The van der Waals surface area contributed by atoms with Crippen molar-refractivity contribution in [2.75, 3.05) is 19.3 Å². The fraction of sp³-hybridized carbons (Fsp3) is 0.364. The molecule has 0 unspecified atom stereocenters. The Morgan fingerprint density at radius 3 is 2.68 bits per heavy atom. The third-order valence-corrected chi connectivity index (χ3v) is 3.53. The summed E-state index contributed by atoms with van der Waals surface area (Å²) in [4.78, 5) is 12.5. The van der Waals surface area contributed by atoms with Gasteiger partial charge in [-0.2, -0.15) is 0 Å². The lowest BCUT2D eigenvalue weighted by Crippen LogP contribution is -2.29. The van der Waals surface area contributed by atoms with Crippen LogP contribution in [0.5, 0.6) is 0 Å². The summed E-state index contributed by atoms with van der Waals surface area (Å²) in [6, 6.07) is 4.87. The van der Waals surface area contributed by atoms with Crippen molar-refractivity contribution < 1.29 is 13.2 Å². The topological polar surface area (TPSA) is 75.3 Å². The number of halogens is 1. The molecule has 1 amide bonds. The molecule has 0 aliphatic heterocycles. The first-order valence-corrected chi connectivity index (χ1v) is 8.22. The van der Waals surface area contributed by atoms with Crippen molar-refractivity contribution in [3.8, 4) is 0 Å². The van der Waals surface area contributed by atoms with Gasteiger partial charge in [0, 0.05) is 18.0 Å². The third-order valence-electron chi connectivity index (χ3n) is 2.20. The van der Waals surface area contributed by atoms with Crippen LogP contribution < -0.4 is 10.0 Å². The van der Waals surface area contributed by atoms with Crippen LogP contribution in [-0.2, 0) is 10.0 Å². The largest absolute Gasteiger partial charge is 0.352 e. The minimum Gasteiger partial charge on any atom is -0.352 e. The van der Waals surface area contributed by atoms with E-state index in [1.165, 1.54) is 0 Å². The molecule has 19 heavy (non-hydrogen) atoms. The maximum absolute atomic E-state index is 11.8. The molecule has 5 nitrogen and oxygen atoms in total. The Balaban J connectivity index is 2.42. The van der Waals surface area contributed by atoms with Gasteiger partial charge >= 0.3 is 0 Å². The fourth-order valence-electron chi connectivity index (χ4n) is 1.33. The molecule has 0 saturated heterocycles. The second-order valence-electron chi connectivity index (χ2n) is 3.94. The van der Waals surface area contributed by atoms with Gasteiger partial charge in [0.15, 0.2) is 0 Å². The number of rotatable bonds is 6. The number of carbonyl (C=O) groups excluding carboxylic acids is 1. The van der Waals surface area contributed by atoms with Crippen molar-refractivity contribution in [1.82, 2.24) is 10.0 Å². The van der Waals surface area contributed by atoms with Gasteiger partial charge in [0.2, 0.25) is 10.0 Å². The fourth-order valence-corrected chi connectivity index (χ4v) is 2.25. The number of carbonyl (C=O) groups is 1. The summed E-state index contributed by atoms with van der Waals surface area (Å²) in [5.74, 6) is -0.305. The van der Waals surface area contributed by atoms with Crippen molar-refractivity contribution in [2.45, 2.75) is 11.3 Å². The highest BCUT2D eigenvalue weighted by Crippen LogP contribution is 2.19. The second-order valence-corrected chi connectivity index (χ2v) is 6.70. The minimum atomic E-state index is -3.18. The highest BCUT2D eigenvalue weighted by molar-refractivity contribution is 7.88. The van der Waals surface area contributed by atoms with Crippen molar-refractivity contribution in [2.24, 2.45) is 0 Å². The first-order valence-electron chi connectivity index (χ1n) is 5.51. The summed E-state index contributed by atoms with van der Waals surface area (Å²) in [5, 5.41) is 3.01. The number of hydrogen-bond acceptors (Lipinski definition) is 4. The van der Waals surface area contributed by atoms with E-state index >= 15 is 0 Å². The molecule has 106 valence electrons. The van der Waals surface area contributed by atoms with Crippen LogP contribution in [0.2, 0.25) is 5.02 Å². The summed E-state index contributed by atoms with van der Waals surface area (Å²) in [7, 11) is -3.18. The van der Waals surface area contributed by atoms with Gasteiger partial charge in [0.05, 0.1) is 16.8 Å². The molecule has 2 N–H and O–H groups in total. The van der Waals surface area contributed by atoms with Gasteiger partial charge < -0.3 is 5.32 Å². The number of sulfonamides is 1. The lowest BCUT2D eigenvalue weighted by atomic mass is 10.2. The van der Waals surface area contributed by atoms with Gasteiger partial charge in [-0.15, -0.1) is 12.6 Å². The van der Waals surface area contributed by atoms with Crippen molar-refractivity contribution in [3.63, 3.8) is 0 Å². The summed E-state index contributed by atoms with van der Waals surface area (Å²) in [6.45, 7) is 0.633. The Kier molecular flexibility index (Phi) is 6.12. The highest BCUT2D eigenvalue weighted by Gasteiger charge is 2.10. The lowest BCUT2D eigenvalue weighted by Gasteiger charge is -2.07. The molecule has 8 heteroatoms. The Morgan fingerprint density at radius 2 is 2.05 bits per heavy atom. The first kappa shape index (κ1) is 16.3. The quantitative estimate of drug-likeness (QED) is 0.546. The van der Waals surface area contributed by atoms with Gasteiger partial charge in [0.25, 0.3) is 5.91 Å². The summed E-state index contributed by atoms with van der Waals surface area (Å²) in [6.07, 6.45) is 1.58. The Labute approximate surface area is 123 Å². The van der Waals surface area contributed by atoms with Crippen LogP contribution in [0.1, 0.15) is 16.8 Å². The smallest absolute Gasteiger partial charge is 0.252 e. The molecule has 1 aromatic carbocycles. The van der Waals surface area contributed by atoms with Crippen molar-refractivity contribution >= 4 is 40.2 Å². The number of nitrogens with one attached hydrogen (secondary N) is 2. The molecule has 1 rings (SSSR count). The molecular weight excluding hydrogens is 308 g/mol. The standard InChI is InChI=1S/C11H15ClN2O3S2/c1-19(16,17)14-6-2-5-13-11(15)9-7-8(18)3-4-10(9)12/h3-4,7,14,18H,2,5-6H2,1H3,(H,13,15). The van der Waals surface area contributed by atoms with E-state index in [1.54, 1.807) is 18.2 Å². The summed E-state index contributed by atoms with van der Waals surface area (Å²) >= 11 is 10.0. The van der Waals surface area contributed by atoms with Crippen LogP contribution in [0.4, 0.5) is 0 Å². The monoisotopic (exact) mass is 322 g/mol. The summed E-state index contributed by atoms with van der Waals surface area (Å²) in [5.41, 5.74) is 0.352. The molecule has 0 aromatic heterocycles. The van der Waals surface area contributed by atoms with Crippen LogP contribution in [-0.4, -0.2) is 33.7 Å². The highest BCUT2D eigenvalue weighted by atomic mass is 35.5. The average molecular weight is 323 g/mol. The zero-order valence-electron chi connectivity index (χ0n) is 10.3. The number of hydrogen-bond donors (Lipinski definition) is 3. The molecular formula is C11H15ClN2O3S2. The molecule has 0 bridgehead atoms. The van der Waals surface area contributed by atoms with Crippen LogP contribution in [0, 0.1) is 0 Å². The van der Waals surface area contributed by atoms with Crippen LogP contribution in [0.15, 0.2) is 23.1 Å². The third kappa shape index (κ3) is 6.29. The van der Waals surface area contributed by atoms with E-state index in [-0.39, 0.29) is 12.5 Å². The van der Waals surface area contributed by atoms with Crippen LogP contribution >= 0.6 is 24.2 Å². The van der Waals surface area contributed by atoms with E-state index in [2.05, 4.69) is 22.7 Å². The average Bonchev–Trinajstić information content (AvgIpc) is 2.30. The molecule has 0 atom stereocenters. The molecule has 0 aliphatic carbocycles. The zero-order valence-corrected chi connectivity index (χ0v) is 12.8. The maximum atomic E-state index is 11.8. The van der Waals surface area contributed by atoms with Gasteiger partial charge in [-0.25, -0.2) is 13.1 Å². The number of thiol groups is 1. The van der Waals surface area contributed by atoms with E-state index in [9.17, 15) is 13.2 Å². The van der Waals surface area contributed by atoms with Crippen LogP contribution in [0.3, 0.4) is 0 Å². The SMILES string of the molecule is CS(=O)(=O)NCCCNC(=O)c1cc(S)ccc1Cl. The zero-order chi connectivity index (χ0) is 14.5. The molecule has 0 radical (unpaired) electrons. The van der Waals surface area contributed by atoms with Crippen molar-refractivity contribution in [1.29, 1.82) is 0 Å². The maximum Gasteiger partial charge on any atom is 0.252 e. The Bertz CT molecular complexity index is 561. The normalized spacial score (nSPS) is 11.3. The Hall–Kier alpha value is -0.760. The van der Waals surface area contributed by atoms with E-state index in [4.69, 9.17) is 11.6 Å². The molecule has 1 aromatic rings. The van der Waals surface area contributed by atoms with E-state index in [0.717, 1.165) is 6.26 Å². The van der Waals surface area contributed by atoms with Gasteiger partial charge in [0.1, 0.15) is 0 Å². The lowest BCUT2D eigenvalue weighted by molar-refractivity contribution is 0.0953. The molecule has 0 aliphatic rings.